The number of carbonyl (C=O) groups excluding carboxylic acids is 1. The number of hydrogen-bond acceptors (Lipinski definition) is 4. The Bertz CT molecular complexity index is 1100. The lowest BCUT2D eigenvalue weighted by molar-refractivity contribution is -0.146. The number of fused-ring (bicyclic) bond motifs is 1. The first-order chi connectivity index (χ1) is 16.0. The van der Waals surface area contributed by atoms with Crippen molar-refractivity contribution in [3.63, 3.8) is 0 Å². The van der Waals surface area contributed by atoms with E-state index in [1.54, 1.807) is 6.07 Å². The van der Waals surface area contributed by atoms with Crippen LogP contribution in [0.15, 0.2) is 48.5 Å². The highest BCUT2D eigenvalue weighted by atomic mass is 19.1. The topological polar surface area (TPSA) is 51.7 Å². The number of benzene rings is 2. The smallest absolute Gasteiger partial charge is 0.222 e. The van der Waals surface area contributed by atoms with Crippen LogP contribution in [0.5, 0.6) is 5.75 Å². The molecule has 0 radical (unpaired) electrons. The Morgan fingerprint density at radius 2 is 1.91 bits per heavy atom. The first kappa shape index (κ1) is 23.2. The Morgan fingerprint density at radius 3 is 2.67 bits per heavy atom. The van der Waals surface area contributed by atoms with Crippen LogP contribution in [0.4, 0.5) is 4.39 Å². The molecule has 1 fully saturated rings. The van der Waals surface area contributed by atoms with Crippen LogP contribution >= 0.6 is 0 Å². The van der Waals surface area contributed by atoms with Gasteiger partial charge in [-0.1, -0.05) is 50.1 Å². The third-order valence-electron chi connectivity index (χ3n) is 6.11. The predicted molar refractivity (Wildman–Crippen MR) is 127 cm³/mol. The summed E-state index contributed by atoms with van der Waals surface area (Å²) in [6.07, 6.45) is 3.78. The molecule has 0 atom stereocenters. The summed E-state index contributed by atoms with van der Waals surface area (Å²) in [4.78, 5) is 18.8. The number of ether oxygens (including phenoxy) is 2. The van der Waals surface area contributed by atoms with Crippen molar-refractivity contribution in [2.45, 2.75) is 58.8 Å². The third-order valence-corrected chi connectivity index (χ3v) is 6.11. The number of likely N-dealkylation sites (tertiary alicyclic amines) is 1. The van der Waals surface area contributed by atoms with E-state index in [1.165, 1.54) is 12.1 Å². The minimum atomic E-state index is -0.324. The Kier molecular flexibility index (Phi) is 7.55. The standard InChI is InChI=1S/C27H31FN2O3/c1-3-4-6-11-26(31)30-15-22(16-30)32-18-25-19(2)27(33-17-20-9-7-5-8-10-20)23-14-21(28)12-13-24(23)29-25/h5,7-10,12-14,22H,3-4,6,11,15-18H2,1-2H3. The summed E-state index contributed by atoms with van der Waals surface area (Å²) in [5.74, 6) is 0.514. The van der Waals surface area contributed by atoms with E-state index in [2.05, 4.69) is 6.92 Å². The minimum absolute atomic E-state index is 0.0129. The molecule has 4 rings (SSSR count). The summed E-state index contributed by atoms with van der Waals surface area (Å²) >= 11 is 0. The number of amides is 1. The molecule has 0 aliphatic carbocycles. The molecule has 0 saturated carbocycles. The van der Waals surface area contributed by atoms with Crippen molar-refractivity contribution in [3.8, 4) is 5.75 Å². The zero-order valence-electron chi connectivity index (χ0n) is 19.4. The zero-order chi connectivity index (χ0) is 23.2. The first-order valence-electron chi connectivity index (χ1n) is 11.7. The summed E-state index contributed by atoms with van der Waals surface area (Å²) in [7, 11) is 0. The van der Waals surface area contributed by atoms with Crippen LogP contribution in [-0.2, 0) is 22.7 Å². The lowest BCUT2D eigenvalue weighted by atomic mass is 10.1. The predicted octanol–water partition coefficient (Wildman–Crippen LogP) is 5.57. The summed E-state index contributed by atoms with van der Waals surface area (Å²) < 4.78 is 26.2. The maximum absolute atomic E-state index is 14.0. The number of nitrogens with zero attached hydrogens (tertiary/aromatic N) is 2. The fraction of sp³-hybridized carbons (Fsp3) is 0.407. The highest BCUT2D eigenvalue weighted by Crippen LogP contribution is 2.32. The zero-order valence-corrected chi connectivity index (χ0v) is 19.4. The van der Waals surface area contributed by atoms with Gasteiger partial charge >= 0.3 is 0 Å². The van der Waals surface area contributed by atoms with Gasteiger partial charge in [-0.2, -0.15) is 0 Å². The molecular weight excluding hydrogens is 419 g/mol. The Hall–Kier alpha value is -2.99. The maximum Gasteiger partial charge on any atom is 0.222 e. The fourth-order valence-electron chi connectivity index (χ4n) is 4.03. The average Bonchev–Trinajstić information content (AvgIpc) is 2.79. The number of hydrogen-bond donors (Lipinski definition) is 0. The molecule has 1 aliphatic heterocycles. The number of halogens is 1. The summed E-state index contributed by atoms with van der Waals surface area (Å²) in [5, 5.41) is 0.652. The SMILES string of the molecule is CCCCCC(=O)N1CC(OCc2nc3ccc(F)cc3c(OCc3ccccc3)c2C)C1. The van der Waals surface area contributed by atoms with Gasteiger partial charge < -0.3 is 14.4 Å². The highest BCUT2D eigenvalue weighted by molar-refractivity contribution is 5.86. The molecule has 0 N–H and O–H groups in total. The first-order valence-corrected chi connectivity index (χ1v) is 11.7. The molecule has 3 aromatic rings. The second-order valence-corrected chi connectivity index (χ2v) is 8.64. The molecular formula is C27H31FN2O3. The number of pyridine rings is 1. The highest BCUT2D eigenvalue weighted by Gasteiger charge is 2.31. The van der Waals surface area contributed by atoms with Gasteiger partial charge in [-0.25, -0.2) is 9.37 Å². The Morgan fingerprint density at radius 1 is 1.12 bits per heavy atom. The van der Waals surface area contributed by atoms with Crippen LogP contribution in [0, 0.1) is 12.7 Å². The molecule has 0 unspecified atom stereocenters. The van der Waals surface area contributed by atoms with Crippen LogP contribution in [0.3, 0.4) is 0 Å². The second-order valence-electron chi connectivity index (χ2n) is 8.64. The maximum atomic E-state index is 14.0. The van der Waals surface area contributed by atoms with E-state index in [-0.39, 0.29) is 17.8 Å². The van der Waals surface area contributed by atoms with E-state index in [0.717, 1.165) is 36.1 Å². The van der Waals surface area contributed by atoms with Crippen LogP contribution in [0.1, 0.15) is 49.4 Å². The lowest BCUT2D eigenvalue weighted by Gasteiger charge is -2.39. The van der Waals surface area contributed by atoms with Crippen LogP contribution in [-0.4, -0.2) is 35.0 Å². The number of carbonyl (C=O) groups is 1. The molecule has 1 aromatic heterocycles. The molecule has 174 valence electrons. The normalized spacial score (nSPS) is 13.8. The molecule has 1 saturated heterocycles. The largest absolute Gasteiger partial charge is 0.488 e. The van der Waals surface area contributed by atoms with E-state index >= 15 is 0 Å². The van der Waals surface area contributed by atoms with E-state index in [1.807, 2.05) is 42.2 Å². The third kappa shape index (κ3) is 5.69. The molecule has 0 spiro atoms. The molecule has 0 bridgehead atoms. The van der Waals surface area contributed by atoms with Crippen molar-refractivity contribution < 1.29 is 18.7 Å². The quantitative estimate of drug-likeness (QED) is 0.379. The van der Waals surface area contributed by atoms with E-state index in [4.69, 9.17) is 14.5 Å². The van der Waals surface area contributed by atoms with Gasteiger partial charge in [0.1, 0.15) is 18.2 Å². The van der Waals surface area contributed by atoms with Gasteiger partial charge in [-0.3, -0.25) is 4.79 Å². The van der Waals surface area contributed by atoms with E-state index in [0.29, 0.717) is 49.4 Å². The van der Waals surface area contributed by atoms with Gasteiger partial charge in [0.2, 0.25) is 5.91 Å². The molecule has 2 aromatic carbocycles. The molecule has 1 amide bonds. The van der Waals surface area contributed by atoms with Crippen molar-refractivity contribution in [3.05, 3.63) is 71.2 Å². The van der Waals surface area contributed by atoms with Crippen molar-refractivity contribution in [2.24, 2.45) is 0 Å². The van der Waals surface area contributed by atoms with Crippen molar-refractivity contribution in [1.29, 1.82) is 0 Å². The van der Waals surface area contributed by atoms with Crippen LogP contribution < -0.4 is 4.74 Å². The van der Waals surface area contributed by atoms with E-state index < -0.39 is 0 Å². The number of aromatic nitrogens is 1. The van der Waals surface area contributed by atoms with Gasteiger partial charge in [0.15, 0.2) is 0 Å². The number of rotatable bonds is 10. The minimum Gasteiger partial charge on any atom is -0.488 e. The lowest BCUT2D eigenvalue weighted by Crippen LogP contribution is -2.54. The molecule has 1 aliphatic rings. The van der Waals surface area contributed by atoms with Gasteiger partial charge in [0, 0.05) is 30.5 Å². The molecule has 5 nitrogen and oxygen atoms in total. The Balaban J connectivity index is 1.43. The average molecular weight is 451 g/mol. The second kappa shape index (κ2) is 10.8. The van der Waals surface area contributed by atoms with E-state index in [9.17, 15) is 9.18 Å². The molecule has 33 heavy (non-hydrogen) atoms. The van der Waals surface area contributed by atoms with Crippen LogP contribution in [0.2, 0.25) is 0 Å². The summed E-state index contributed by atoms with van der Waals surface area (Å²) in [6.45, 7) is 6.02. The monoisotopic (exact) mass is 450 g/mol. The summed E-state index contributed by atoms with van der Waals surface area (Å²) in [6, 6.07) is 14.4. The summed E-state index contributed by atoms with van der Waals surface area (Å²) in [5.41, 5.74) is 3.32. The van der Waals surface area contributed by atoms with Crippen molar-refractivity contribution >= 4 is 16.8 Å². The van der Waals surface area contributed by atoms with Crippen molar-refractivity contribution in [2.75, 3.05) is 13.1 Å². The van der Waals surface area contributed by atoms with Crippen LogP contribution in [0.25, 0.3) is 10.9 Å². The van der Waals surface area contributed by atoms with Gasteiger partial charge in [-0.15, -0.1) is 0 Å². The van der Waals surface area contributed by atoms with Gasteiger partial charge in [0.25, 0.3) is 0 Å². The molecule has 2 heterocycles. The van der Waals surface area contributed by atoms with Gasteiger partial charge in [0.05, 0.1) is 23.9 Å². The van der Waals surface area contributed by atoms with Gasteiger partial charge in [-0.05, 0) is 37.1 Å². The fourth-order valence-corrected chi connectivity index (χ4v) is 4.03. The molecule has 6 heteroatoms. The Labute approximate surface area is 194 Å². The number of unbranched alkanes of at least 4 members (excludes halogenated alkanes) is 2. The van der Waals surface area contributed by atoms with Crippen molar-refractivity contribution in [1.82, 2.24) is 9.88 Å².